The van der Waals surface area contributed by atoms with Crippen LogP contribution in [-0.2, 0) is 12.6 Å². The van der Waals surface area contributed by atoms with Gasteiger partial charge in [-0.15, -0.1) is 0 Å². The van der Waals surface area contributed by atoms with Crippen molar-refractivity contribution in [1.29, 1.82) is 0 Å². The summed E-state index contributed by atoms with van der Waals surface area (Å²) in [6.45, 7) is 0. The maximum absolute atomic E-state index is 12.3. The molecule has 0 aliphatic heterocycles. The Morgan fingerprint density at radius 2 is 1.53 bits per heavy atom. The molecular formula is C12H13F6N. The Labute approximate surface area is 106 Å². The molecule has 0 amide bonds. The van der Waals surface area contributed by atoms with Gasteiger partial charge in [0.2, 0.25) is 0 Å². The normalized spacial score (nSPS) is 14.5. The third-order valence-electron chi connectivity index (χ3n) is 2.65. The maximum Gasteiger partial charge on any atom is 0.416 e. The zero-order valence-corrected chi connectivity index (χ0v) is 10.1. The fourth-order valence-electron chi connectivity index (χ4n) is 1.67. The topological polar surface area (TPSA) is 12.0 Å². The summed E-state index contributed by atoms with van der Waals surface area (Å²) < 4.78 is 73.6. The number of nitrogens with one attached hydrogen (secondary N) is 1. The molecule has 0 aliphatic rings. The Morgan fingerprint density at radius 3 is 1.89 bits per heavy atom. The highest BCUT2D eigenvalue weighted by Crippen LogP contribution is 2.29. The molecule has 0 saturated carbocycles. The van der Waals surface area contributed by atoms with Gasteiger partial charge in [0.1, 0.15) is 0 Å². The minimum atomic E-state index is -4.44. The predicted molar refractivity (Wildman–Crippen MR) is 58.7 cm³/mol. The molecule has 108 valence electrons. The van der Waals surface area contributed by atoms with E-state index in [0.717, 1.165) is 12.1 Å². The van der Waals surface area contributed by atoms with Crippen molar-refractivity contribution in [3.8, 4) is 0 Å². The van der Waals surface area contributed by atoms with Crippen LogP contribution in [0, 0.1) is 0 Å². The summed E-state index contributed by atoms with van der Waals surface area (Å²) in [4.78, 5) is 0. The van der Waals surface area contributed by atoms with Crippen molar-refractivity contribution in [3.05, 3.63) is 35.4 Å². The van der Waals surface area contributed by atoms with Crippen LogP contribution in [0.15, 0.2) is 24.3 Å². The molecule has 0 saturated heterocycles. The molecule has 19 heavy (non-hydrogen) atoms. The van der Waals surface area contributed by atoms with Gasteiger partial charge in [0.15, 0.2) is 0 Å². The van der Waals surface area contributed by atoms with Crippen molar-refractivity contribution in [3.63, 3.8) is 0 Å². The van der Waals surface area contributed by atoms with E-state index in [2.05, 4.69) is 5.32 Å². The number of likely N-dealkylation sites (N-methyl/N-ethyl adjacent to an activating group) is 1. The van der Waals surface area contributed by atoms with E-state index >= 15 is 0 Å². The summed E-state index contributed by atoms with van der Waals surface area (Å²) in [5.74, 6) is 0. The third kappa shape index (κ3) is 5.50. The van der Waals surface area contributed by atoms with Gasteiger partial charge in [-0.25, -0.2) is 0 Å². The first kappa shape index (κ1) is 15.8. The standard InChI is InChI=1S/C12H13F6N/c1-19-10(7-11(13,14)15)6-8-2-4-9(5-3-8)12(16,17)18/h2-5,10,19H,6-7H2,1H3. The van der Waals surface area contributed by atoms with Gasteiger partial charge in [-0.1, -0.05) is 12.1 Å². The van der Waals surface area contributed by atoms with Crippen molar-refractivity contribution in [2.24, 2.45) is 0 Å². The fraction of sp³-hybridized carbons (Fsp3) is 0.500. The lowest BCUT2D eigenvalue weighted by Gasteiger charge is -2.18. The quantitative estimate of drug-likeness (QED) is 0.830. The summed E-state index contributed by atoms with van der Waals surface area (Å²) in [7, 11) is 1.39. The molecule has 1 unspecified atom stereocenters. The van der Waals surface area contributed by atoms with Crippen LogP contribution in [0.2, 0.25) is 0 Å². The molecule has 1 N–H and O–H groups in total. The van der Waals surface area contributed by atoms with Crippen LogP contribution < -0.4 is 5.32 Å². The first-order valence-corrected chi connectivity index (χ1v) is 5.52. The summed E-state index contributed by atoms with van der Waals surface area (Å²) in [5, 5.41) is 2.51. The lowest BCUT2D eigenvalue weighted by Crippen LogP contribution is -2.32. The molecule has 1 atom stereocenters. The van der Waals surface area contributed by atoms with E-state index in [0.29, 0.717) is 5.56 Å². The molecule has 1 aromatic rings. The van der Waals surface area contributed by atoms with Crippen molar-refractivity contribution in [2.45, 2.75) is 31.2 Å². The lowest BCUT2D eigenvalue weighted by molar-refractivity contribution is -0.139. The first-order chi connectivity index (χ1) is 8.62. The van der Waals surface area contributed by atoms with Gasteiger partial charge in [-0.3, -0.25) is 0 Å². The minimum absolute atomic E-state index is 0.0220. The molecule has 0 aromatic heterocycles. The van der Waals surface area contributed by atoms with E-state index < -0.39 is 30.4 Å². The Hall–Kier alpha value is -1.24. The summed E-state index contributed by atoms with van der Waals surface area (Å²) in [5.41, 5.74) is -0.385. The van der Waals surface area contributed by atoms with Gasteiger partial charge in [-0.05, 0) is 31.2 Å². The van der Waals surface area contributed by atoms with E-state index in [-0.39, 0.29) is 6.42 Å². The number of alkyl halides is 6. The molecule has 0 radical (unpaired) electrons. The van der Waals surface area contributed by atoms with Gasteiger partial charge in [0.05, 0.1) is 12.0 Å². The fourth-order valence-corrected chi connectivity index (χ4v) is 1.67. The second-order valence-electron chi connectivity index (χ2n) is 4.20. The molecular weight excluding hydrogens is 272 g/mol. The van der Waals surface area contributed by atoms with E-state index in [1.54, 1.807) is 0 Å². The molecule has 0 heterocycles. The van der Waals surface area contributed by atoms with Crippen molar-refractivity contribution in [2.75, 3.05) is 7.05 Å². The Bertz CT molecular complexity index is 392. The highest BCUT2D eigenvalue weighted by Gasteiger charge is 2.32. The summed E-state index contributed by atoms with van der Waals surface area (Å²) in [6.07, 6.45) is -9.74. The predicted octanol–water partition coefficient (Wildman–Crippen LogP) is 3.79. The van der Waals surface area contributed by atoms with Gasteiger partial charge >= 0.3 is 12.4 Å². The number of hydrogen-bond donors (Lipinski definition) is 1. The van der Waals surface area contributed by atoms with Crippen LogP contribution in [0.25, 0.3) is 0 Å². The highest BCUT2D eigenvalue weighted by atomic mass is 19.4. The number of hydrogen-bond acceptors (Lipinski definition) is 1. The van der Waals surface area contributed by atoms with E-state index in [1.165, 1.54) is 19.2 Å². The maximum atomic E-state index is 12.3. The van der Waals surface area contributed by atoms with E-state index in [1.807, 2.05) is 0 Å². The second kappa shape index (κ2) is 5.81. The molecule has 0 fully saturated rings. The molecule has 0 bridgehead atoms. The first-order valence-electron chi connectivity index (χ1n) is 5.52. The highest BCUT2D eigenvalue weighted by molar-refractivity contribution is 5.25. The second-order valence-corrected chi connectivity index (χ2v) is 4.20. The van der Waals surface area contributed by atoms with E-state index in [4.69, 9.17) is 0 Å². The van der Waals surface area contributed by atoms with Gasteiger partial charge in [0.25, 0.3) is 0 Å². The zero-order valence-electron chi connectivity index (χ0n) is 10.1. The van der Waals surface area contributed by atoms with Crippen LogP contribution in [0.5, 0.6) is 0 Å². The Balaban J connectivity index is 2.71. The largest absolute Gasteiger partial charge is 0.416 e. The van der Waals surface area contributed by atoms with Crippen molar-refractivity contribution in [1.82, 2.24) is 5.32 Å². The van der Waals surface area contributed by atoms with Crippen LogP contribution in [-0.4, -0.2) is 19.3 Å². The van der Waals surface area contributed by atoms with Gasteiger partial charge in [-0.2, -0.15) is 26.3 Å². The average molecular weight is 285 g/mol. The van der Waals surface area contributed by atoms with Crippen LogP contribution in [0.3, 0.4) is 0 Å². The monoisotopic (exact) mass is 285 g/mol. The van der Waals surface area contributed by atoms with Crippen molar-refractivity contribution >= 4 is 0 Å². The molecule has 0 aliphatic carbocycles. The average Bonchev–Trinajstić information content (AvgIpc) is 2.26. The lowest BCUT2D eigenvalue weighted by atomic mass is 10.0. The summed E-state index contributed by atoms with van der Waals surface area (Å²) >= 11 is 0. The number of halogens is 6. The SMILES string of the molecule is CNC(Cc1ccc(C(F)(F)F)cc1)CC(F)(F)F. The molecule has 7 heteroatoms. The molecule has 1 aromatic carbocycles. The van der Waals surface area contributed by atoms with Crippen LogP contribution in [0.1, 0.15) is 17.5 Å². The summed E-state index contributed by atoms with van der Waals surface area (Å²) in [6, 6.07) is 3.29. The molecule has 0 spiro atoms. The smallest absolute Gasteiger partial charge is 0.316 e. The van der Waals surface area contributed by atoms with Gasteiger partial charge < -0.3 is 5.32 Å². The van der Waals surface area contributed by atoms with E-state index in [9.17, 15) is 26.3 Å². The molecule has 1 rings (SSSR count). The number of rotatable bonds is 4. The molecule has 1 nitrogen and oxygen atoms in total. The Morgan fingerprint density at radius 1 is 1.00 bits per heavy atom. The van der Waals surface area contributed by atoms with Crippen molar-refractivity contribution < 1.29 is 26.3 Å². The van der Waals surface area contributed by atoms with Crippen LogP contribution in [0.4, 0.5) is 26.3 Å². The third-order valence-corrected chi connectivity index (χ3v) is 2.65. The number of benzene rings is 1. The van der Waals surface area contributed by atoms with Crippen LogP contribution >= 0.6 is 0 Å². The minimum Gasteiger partial charge on any atom is -0.316 e. The van der Waals surface area contributed by atoms with Gasteiger partial charge in [0, 0.05) is 6.04 Å². The Kier molecular flexibility index (Phi) is 4.84. The zero-order chi connectivity index (χ0) is 14.7.